The van der Waals surface area contributed by atoms with Gasteiger partial charge in [-0.2, -0.15) is 5.10 Å². The highest BCUT2D eigenvalue weighted by atomic mass is 16.5. The van der Waals surface area contributed by atoms with E-state index < -0.39 is 0 Å². The van der Waals surface area contributed by atoms with E-state index in [1.165, 1.54) is 0 Å². The first-order chi connectivity index (χ1) is 17.0. The molecule has 0 aliphatic rings. The second-order valence-electron chi connectivity index (χ2n) is 7.72. The maximum Gasteiger partial charge on any atom is 0.276 e. The Kier molecular flexibility index (Phi) is 6.91. The van der Waals surface area contributed by atoms with Crippen LogP contribution in [0.1, 0.15) is 16.1 Å². The number of nitrogens with zero attached hydrogens (tertiary/aromatic N) is 2. The fourth-order valence-electron chi connectivity index (χ4n) is 3.77. The van der Waals surface area contributed by atoms with E-state index in [2.05, 4.69) is 10.4 Å². The standard InChI is InChI=1S/C27H27N3O5/c1-17-13-23(33-3)25(35-5)15-21(17)28-27(31)26-20(16-30(29-26)19-9-7-6-8-10-19)18-11-12-22(32-2)24(14-18)34-4/h6-16H,1-5H3,(H,28,31). The van der Waals surface area contributed by atoms with Gasteiger partial charge < -0.3 is 24.3 Å². The number of para-hydroxylation sites is 1. The van der Waals surface area contributed by atoms with Crippen molar-refractivity contribution in [1.82, 2.24) is 9.78 Å². The zero-order valence-corrected chi connectivity index (χ0v) is 20.3. The minimum atomic E-state index is -0.361. The molecule has 1 aromatic heterocycles. The van der Waals surface area contributed by atoms with Gasteiger partial charge in [0.2, 0.25) is 0 Å². The molecule has 3 aromatic carbocycles. The topological polar surface area (TPSA) is 83.8 Å². The lowest BCUT2D eigenvalue weighted by Gasteiger charge is -2.14. The summed E-state index contributed by atoms with van der Waals surface area (Å²) in [5.41, 5.74) is 3.92. The van der Waals surface area contributed by atoms with Gasteiger partial charge in [0.25, 0.3) is 5.91 Å². The molecule has 8 heteroatoms. The first-order valence-electron chi connectivity index (χ1n) is 10.9. The van der Waals surface area contributed by atoms with E-state index >= 15 is 0 Å². The van der Waals surface area contributed by atoms with Crippen molar-refractivity contribution in [3.05, 3.63) is 78.1 Å². The van der Waals surface area contributed by atoms with Gasteiger partial charge in [0.1, 0.15) is 0 Å². The van der Waals surface area contributed by atoms with Crippen LogP contribution in [0.3, 0.4) is 0 Å². The summed E-state index contributed by atoms with van der Waals surface area (Å²) in [6, 6.07) is 18.6. The molecule has 0 bridgehead atoms. The molecule has 4 aromatic rings. The predicted octanol–water partition coefficient (Wildman–Crippen LogP) is 5.13. The van der Waals surface area contributed by atoms with Crippen LogP contribution < -0.4 is 24.3 Å². The number of aryl methyl sites for hydroxylation is 1. The number of amides is 1. The Morgan fingerprint density at radius 3 is 2.09 bits per heavy atom. The van der Waals surface area contributed by atoms with Crippen molar-refractivity contribution in [3.63, 3.8) is 0 Å². The molecule has 0 radical (unpaired) electrons. The average Bonchev–Trinajstić information content (AvgIpc) is 3.35. The second kappa shape index (κ2) is 10.2. The number of methoxy groups -OCH3 is 4. The Bertz CT molecular complexity index is 1350. The first-order valence-corrected chi connectivity index (χ1v) is 10.9. The maximum absolute atomic E-state index is 13.5. The van der Waals surface area contributed by atoms with Crippen molar-refractivity contribution in [3.8, 4) is 39.8 Å². The number of rotatable bonds is 8. The summed E-state index contributed by atoms with van der Waals surface area (Å²) < 4.78 is 23.3. The Hall–Kier alpha value is -4.46. The van der Waals surface area contributed by atoms with Crippen molar-refractivity contribution < 1.29 is 23.7 Å². The molecule has 1 N–H and O–H groups in total. The lowest BCUT2D eigenvalue weighted by molar-refractivity contribution is 0.102. The van der Waals surface area contributed by atoms with Crippen molar-refractivity contribution in [1.29, 1.82) is 0 Å². The number of benzene rings is 3. The number of carbonyl (C=O) groups is 1. The molecule has 0 fully saturated rings. The van der Waals surface area contributed by atoms with Crippen LogP contribution in [-0.2, 0) is 0 Å². The molecule has 4 rings (SSSR count). The summed E-state index contributed by atoms with van der Waals surface area (Å²) >= 11 is 0. The van der Waals surface area contributed by atoms with Crippen LogP contribution in [0.5, 0.6) is 23.0 Å². The zero-order chi connectivity index (χ0) is 24.9. The third kappa shape index (κ3) is 4.77. The third-order valence-corrected chi connectivity index (χ3v) is 5.62. The smallest absolute Gasteiger partial charge is 0.276 e. The summed E-state index contributed by atoms with van der Waals surface area (Å²) in [5.74, 6) is 1.89. The van der Waals surface area contributed by atoms with E-state index in [-0.39, 0.29) is 11.6 Å². The Morgan fingerprint density at radius 1 is 0.800 bits per heavy atom. The van der Waals surface area contributed by atoms with Crippen molar-refractivity contribution in [2.24, 2.45) is 0 Å². The molecular weight excluding hydrogens is 446 g/mol. The molecule has 180 valence electrons. The zero-order valence-electron chi connectivity index (χ0n) is 20.3. The molecular formula is C27H27N3O5. The molecule has 0 saturated heterocycles. The van der Waals surface area contributed by atoms with Crippen LogP contribution in [0.15, 0.2) is 66.9 Å². The number of carbonyl (C=O) groups excluding carboxylic acids is 1. The molecule has 1 heterocycles. The SMILES string of the molecule is COc1ccc(-c2cn(-c3ccccc3)nc2C(=O)Nc2cc(OC)c(OC)cc2C)cc1OC. The predicted molar refractivity (Wildman–Crippen MR) is 134 cm³/mol. The highest BCUT2D eigenvalue weighted by Gasteiger charge is 2.21. The minimum Gasteiger partial charge on any atom is -0.493 e. The summed E-state index contributed by atoms with van der Waals surface area (Å²) in [4.78, 5) is 13.5. The van der Waals surface area contributed by atoms with E-state index in [4.69, 9.17) is 18.9 Å². The van der Waals surface area contributed by atoms with E-state index in [1.54, 1.807) is 45.3 Å². The molecule has 0 spiro atoms. The first kappa shape index (κ1) is 23.7. The van der Waals surface area contributed by atoms with Gasteiger partial charge in [-0.25, -0.2) is 4.68 Å². The van der Waals surface area contributed by atoms with Crippen molar-refractivity contribution >= 4 is 11.6 Å². The van der Waals surface area contributed by atoms with Gasteiger partial charge in [0.05, 0.1) is 34.1 Å². The molecule has 35 heavy (non-hydrogen) atoms. The van der Waals surface area contributed by atoms with Crippen LogP contribution in [0.25, 0.3) is 16.8 Å². The Balaban J connectivity index is 1.79. The summed E-state index contributed by atoms with van der Waals surface area (Å²) in [7, 11) is 6.27. The maximum atomic E-state index is 13.5. The number of hydrogen-bond acceptors (Lipinski definition) is 6. The van der Waals surface area contributed by atoms with Gasteiger partial charge in [-0.05, 0) is 48.4 Å². The van der Waals surface area contributed by atoms with E-state index in [9.17, 15) is 4.79 Å². The molecule has 0 aliphatic heterocycles. The van der Waals surface area contributed by atoms with E-state index in [0.717, 1.165) is 16.8 Å². The molecule has 0 atom stereocenters. The van der Waals surface area contributed by atoms with Gasteiger partial charge in [0.15, 0.2) is 28.7 Å². The Morgan fingerprint density at radius 2 is 1.43 bits per heavy atom. The Labute approximate surface area is 204 Å². The quantitative estimate of drug-likeness (QED) is 0.382. The van der Waals surface area contributed by atoms with E-state index in [0.29, 0.717) is 34.2 Å². The monoisotopic (exact) mass is 473 g/mol. The number of ether oxygens (including phenoxy) is 4. The van der Waals surface area contributed by atoms with Crippen LogP contribution in [0, 0.1) is 6.92 Å². The van der Waals surface area contributed by atoms with Gasteiger partial charge in [-0.3, -0.25) is 4.79 Å². The summed E-state index contributed by atoms with van der Waals surface area (Å²) in [6.45, 7) is 1.88. The normalized spacial score (nSPS) is 10.5. The van der Waals surface area contributed by atoms with Gasteiger partial charge in [-0.1, -0.05) is 24.3 Å². The summed E-state index contributed by atoms with van der Waals surface area (Å²) in [6.07, 6.45) is 1.83. The van der Waals surface area contributed by atoms with Crippen molar-refractivity contribution in [2.75, 3.05) is 33.8 Å². The third-order valence-electron chi connectivity index (χ3n) is 5.62. The minimum absolute atomic E-state index is 0.259. The van der Waals surface area contributed by atoms with Crippen LogP contribution in [-0.4, -0.2) is 44.1 Å². The molecule has 0 saturated carbocycles. The fourth-order valence-corrected chi connectivity index (χ4v) is 3.77. The molecule has 0 unspecified atom stereocenters. The second-order valence-corrected chi connectivity index (χ2v) is 7.72. The highest BCUT2D eigenvalue weighted by molar-refractivity contribution is 6.07. The van der Waals surface area contributed by atoms with Crippen LogP contribution in [0.4, 0.5) is 5.69 Å². The van der Waals surface area contributed by atoms with E-state index in [1.807, 2.05) is 61.7 Å². The number of nitrogens with one attached hydrogen (secondary N) is 1. The number of hydrogen-bond donors (Lipinski definition) is 1. The van der Waals surface area contributed by atoms with Gasteiger partial charge in [-0.15, -0.1) is 0 Å². The number of anilines is 1. The average molecular weight is 474 g/mol. The van der Waals surface area contributed by atoms with Crippen LogP contribution >= 0.6 is 0 Å². The van der Waals surface area contributed by atoms with Gasteiger partial charge in [0, 0.05) is 23.5 Å². The molecule has 0 aliphatic carbocycles. The fraction of sp³-hybridized carbons (Fsp3) is 0.185. The molecule has 1 amide bonds. The van der Waals surface area contributed by atoms with Crippen LogP contribution in [0.2, 0.25) is 0 Å². The number of aromatic nitrogens is 2. The molecule has 8 nitrogen and oxygen atoms in total. The lowest BCUT2D eigenvalue weighted by Crippen LogP contribution is -2.15. The largest absolute Gasteiger partial charge is 0.493 e. The van der Waals surface area contributed by atoms with Gasteiger partial charge >= 0.3 is 0 Å². The lowest BCUT2D eigenvalue weighted by atomic mass is 10.0. The van der Waals surface area contributed by atoms with Crippen molar-refractivity contribution in [2.45, 2.75) is 6.92 Å². The highest BCUT2D eigenvalue weighted by Crippen LogP contribution is 2.36. The summed E-state index contributed by atoms with van der Waals surface area (Å²) in [5, 5.41) is 7.61.